The highest BCUT2D eigenvalue weighted by Crippen LogP contribution is 2.22. The van der Waals surface area contributed by atoms with Crippen molar-refractivity contribution < 1.29 is 13.9 Å². The minimum absolute atomic E-state index is 0.113. The molecule has 0 unspecified atom stereocenters. The molecule has 1 N–H and O–H groups in total. The summed E-state index contributed by atoms with van der Waals surface area (Å²) >= 11 is 0. The Balaban J connectivity index is 2.08. The Hall–Kier alpha value is -2.36. The van der Waals surface area contributed by atoms with Crippen molar-refractivity contribution in [3.63, 3.8) is 0 Å². The Kier molecular flexibility index (Phi) is 6.18. The van der Waals surface area contributed by atoms with E-state index in [4.69, 9.17) is 4.74 Å². The molecule has 134 valence electrons. The van der Waals surface area contributed by atoms with Crippen LogP contribution in [0.3, 0.4) is 0 Å². The topological polar surface area (TPSA) is 38.3 Å². The lowest BCUT2D eigenvalue weighted by Crippen LogP contribution is -2.39. The number of ether oxygens (including phenoxy) is 1. The van der Waals surface area contributed by atoms with Crippen LogP contribution in [0.25, 0.3) is 0 Å². The molecular formula is C21H26FNO2. The zero-order valence-electron chi connectivity index (χ0n) is 15.5. The van der Waals surface area contributed by atoms with Crippen LogP contribution < -0.4 is 10.1 Å². The smallest absolute Gasteiger partial charge is 0.261 e. The van der Waals surface area contributed by atoms with E-state index >= 15 is 0 Å². The Bertz CT molecular complexity index is 740. The lowest BCUT2D eigenvalue weighted by molar-refractivity contribution is -0.128. The normalized spacial score (nSPS) is 13.2. The van der Waals surface area contributed by atoms with Crippen molar-refractivity contribution in [2.45, 2.75) is 53.2 Å². The van der Waals surface area contributed by atoms with Gasteiger partial charge in [0.1, 0.15) is 11.6 Å². The fraction of sp³-hybridized carbons (Fsp3) is 0.381. The van der Waals surface area contributed by atoms with Gasteiger partial charge in [-0.25, -0.2) is 4.39 Å². The van der Waals surface area contributed by atoms with Gasteiger partial charge >= 0.3 is 0 Å². The van der Waals surface area contributed by atoms with Gasteiger partial charge in [-0.1, -0.05) is 19.1 Å². The molecule has 2 rings (SSSR count). The maximum Gasteiger partial charge on any atom is 0.261 e. The molecule has 1 amide bonds. The number of benzene rings is 2. The van der Waals surface area contributed by atoms with E-state index in [1.807, 2.05) is 13.8 Å². The van der Waals surface area contributed by atoms with Gasteiger partial charge in [-0.05, 0) is 80.6 Å². The van der Waals surface area contributed by atoms with Crippen LogP contribution >= 0.6 is 0 Å². The number of hydrogen-bond acceptors (Lipinski definition) is 2. The zero-order chi connectivity index (χ0) is 18.6. The molecule has 3 nitrogen and oxygen atoms in total. The van der Waals surface area contributed by atoms with Crippen molar-refractivity contribution in [1.82, 2.24) is 5.32 Å². The maximum absolute atomic E-state index is 13.0. The van der Waals surface area contributed by atoms with Crippen molar-refractivity contribution in [1.29, 1.82) is 0 Å². The molecule has 0 spiro atoms. The van der Waals surface area contributed by atoms with E-state index < -0.39 is 6.10 Å². The molecule has 4 heteroatoms. The summed E-state index contributed by atoms with van der Waals surface area (Å²) in [5, 5.41) is 3.03. The highest BCUT2D eigenvalue weighted by atomic mass is 19.1. The van der Waals surface area contributed by atoms with Crippen molar-refractivity contribution in [3.05, 3.63) is 64.5 Å². The van der Waals surface area contributed by atoms with Gasteiger partial charge in [0.15, 0.2) is 6.10 Å². The van der Waals surface area contributed by atoms with Gasteiger partial charge in [-0.3, -0.25) is 4.79 Å². The first kappa shape index (κ1) is 19.0. The van der Waals surface area contributed by atoms with E-state index in [0.717, 1.165) is 11.1 Å². The molecule has 2 atom stereocenters. The average Bonchev–Trinajstić information content (AvgIpc) is 2.57. The highest BCUT2D eigenvalue weighted by Gasteiger charge is 2.21. The maximum atomic E-state index is 13.0. The van der Waals surface area contributed by atoms with Crippen molar-refractivity contribution in [2.24, 2.45) is 0 Å². The van der Waals surface area contributed by atoms with Gasteiger partial charge in [0, 0.05) is 0 Å². The Labute approximate surface area is 149 Å². The molecule has 0 radical (unpaired) electrons. The SMILES string of the molecule is CC[C@@H](Oc1ccc(F)cc1)C(=O)N[C@H](C)c1cc(C)c(C)cc1C. The van der Waals surface area contributed by atoms with Gasteiger partial charge in [0.05, 0.1) is 6.04 Å². The minimum Gasteiger partial charge on any atom is -0.481 e. The molecule has 0 bridgehead atoms. The second-order valence-electron chi connectivity index (χ2n) is 6.49. The van der Waals surface area contributed by atoms with Gasteiger partial charge in [-0.2, -0.15) is 0 Å². The van der Waals surface area contributed by atoms with Gasteiger partial charge in [0.2, 0.25) is 0 Å². The molecule has 0 heterocycles. The second kappa shape index (κ2) is 8.15. The second-order valence-corrected chi connectivity index (χ2v) is 6.49. The number of hydrogen-bond donors (Lipinski definition) is 1. The first-order valence-electron chi connectivity index (χ1n) is 8.62. The van der Waals surface area contributed by atoms with E-state index in [0.29, 0.717) is 12.2 Å². The van der Waals surface area contributed by atoms with E-state index in [1.165, 1.54) is 35.4 Å². The van der Waals surface area contributed by atoms with E-state index in [9.17, 15) is 9.18 Å². The molecule has 0 saturated heterocycles. The molecule has 25 heavy (non-hydrogen) atoms. The molecule has 2 aromatic carbocycles. The van der Waals surface area contributed by atoms with Crippen molar-refractivity contribution in [3.8, 4) is 5.75 Å². The number of halogens is 1. The third-order valence-corrected chi connectivity index (χ3v) is 4.46. The predicted octanol–water partition coefficient (Wildman–Crippen LogP) is 4.79. The largest absolute Gasteiger partial charge is 0.481 e. The van der Waals surface area contributed by atoms with Gasteiger partial charge < -0.3 is 10.1 Å². The number of rotatable bonds is 6. The predicted molar refractivity (Wildman–Crippen MR) is 98.3 cm³/mol. The first-order chi connectivity index (χ1) is 11.8. The van der Waals surface area contributed by atoms with Crippen LogP contribution in [-0.4, -0.2) is 12.0 Å². The summed E-state index contributed by atoms with van der Waals surface area (Å²) in [6.45, 7) is 10.1. The summed E-state index contributed by atoms with van der Waals surface area (Å²) in [6.07, 6.45) is -0.0817. The summed E-state index contributed by atoms with van der Waals surface area (Å²) in [7, 11) is 0. The summed E-state index contributed by atoms with van der Waals surface area (Å²) in [5.74, 6) is -0.0148. The minimum atomic E-state index is -0.611. The van der Waals surface area contributed by atoms with E-state index in [-0.39, 0.29) is 17.8 Å². The molecule has 0 saturated carbocycles. The van der Waals surface area contributed by atoms with Crippen LogP contribution in [0.15, 0.2) is 36.4 Å². The summed E-state index contributed by atoms with van der Waals surface area (Å²) in [5.41, 5.74) is 4.71. The number of aryl methyl sites for hydroxylation is 3. The summed E-state index contributed by atoms with van der Waals surface area (Å²) in [4.78, 5) is 12.6. The van der Waals surface area contributed by atoms with Crippen LogP contribution in [0.4, 0.5) is 4.39 Å². The monoisotopic (exact) mass is 343 g/mol. The molecule has 2 aromatic rings. The molecule has 0 aromatic heterocycles. The number of nitrogens with one attached hydrogen (secondary N) is 1. The quantitative estimate of drug-likeness (QED) is 0.819. The lowest BCUT2D eigenvalue weighted by atomic mass is 9.96. The fourth-order valence-corrected chi connectivity index (χ4v) is 2.83. The first-order valence-corrected chi connectivity index (χ1v) is 8.62. The van der Waals surface area contributed by atoms with E-state index in [1.54, 1.807) is 0 Å². The summed E-state index contributed by atoms with van der Waals surface area (Å²) < 4.78 is 18.7. The number of carbonyl (C=O) groups excluding carboxylic acids is 1. The van der Waals surface area contributed by atoms with E-state index in [2.05, 4.69) is 38.2 Å². The standard InChI is InChI=1S/C21H26FNO2/c1-6-20(25-18-9-7-17(22)8-10-18)21(24)23-16(5)19-12-14(3)13(2)11-15(19)4/h7-12,16,20H,6H2,1-5H3,(H,23,24)/t16-,20-/m1/s1. The Morgan fingerprint density at radius 1 is 1.08 bits per heavy atom. The van der Waals surface area contributed by atoms with Crippen LogP contribution in [0.2, 0.25) is 0 Å². The number of carbonyl (C=O) groups is 1. The highest BCUT2D eigenvalue weighted by molar-refractivity contribution is 5.81. The molecule has 0 aliphatic rings. The third-order valence-electron chi connectivity index (χ3n) is 4.46. The van der Waals surface area contributed by atoms with Gasteiger partial charge in [-0.15, -0.1) is 0 Å². The zero-order valence-corrected chi connectivity index (χ0v) is 15.5. The average molecular weight is 343 g/mol. The third kappa shape index (κ3) is 4.81. The van der Waals surface area contributed by atoms with Crippen LogP contribution in [0, 0.1) is 26.6 Å². The Morgan fingerprint density at radius 2 is 1.68 bits per heavy atom. The molecule has 0 aliphatic heterocycles. The Morgan fingerprint density at radius 3 is 2.28 bits per heavy atom. The van der Waals surface area contributed by atoms with Crippen LogP contribution in [-0.2, 0) is 4.79 Å². The molecule has 0 aliphatic carbocycles. The number of amides is 1. The summed E-state index contributed by atoms with van der Waals surface area (Å²) in [6, 6.07) is 9.85. The van der Waals surface area contributed by atoms with Gasteiger partial charge in [0.25, 0.3) is 5.91 Å². The molecular weight excluding hydrogens is 317 g/mol. The van der Waals surface area contributed by atoms with Crippen LogP contribution in [0.1, 0.15) is 48.6 Å². The van der Waals surface area contributed by atoms with Crippen molar-refractivity contribution in [2.75, 3.05) is 0 Å². The molecule has 0 fully saturated rings. The van der Waals surface area contributed by atoms with Crippen LogP contribution in [0.5, 0.6) is 5.75 Å². The fourth-order valence-electron chi connectivity index (χ4n) is 2.83. The lowest BCUT2D eigenvalue weighted by Gasteiger charge is -2.22. The van der Waals surface area contributed by atoms with Crippen molar-refractivity contribution >= 4 is 5.91 Å².